The van der Waals surface area contributed by atoms with E-state index in [1.807, 2.05) is 33.9 Å². The Balaban J connectivity index is 0.000000401. The van der Waals surface area contributed by atoms with Crippen LogP contribution in [0.2, 0.25) is 0 Å². The van der Waals surface area contributed by atoms with Crippen molar-refractivity contribution in [3.63, 3.8) is 0 Å². The number of hydrogen-bond acceptors (Lipinski definition) is 3. The number of allylic oxidation sites excluding steroid dienone is 2. The van der Waals surface area contributed by atoms with Gasteiger partial charge in [0.1, 0.15) is 0 Å². The van der Waals surface area contributed by atoms with E-state index in [-0.39, 0.29) is 43.5 Å². The number of aryl methyl sites for hydroxylation is 2. The number of hydrogen-bond donors (Lipinski definition) is 1. The molecule has 0 saturated heterocycles. The Morgan fingerprint density at radius 2 is 1.55 bits per heavy atom. The predicted molar refractivity (Wildman–Crippen MR) is 158 cm³/mol. The number of benzene rings is 2. The third-order valence-corrected chi connectivity index (χ3v) is 7.63. The molecular formula is C34H46IrNO2-. The van der Waals surface area contributed by atoms with Gasteiger partial charge in [-0.25, -0.2) is 0 Å². The van der Waals surface area contributed by atoms with E-state index in [9.17, 15) is 9.90 Å². The van der Waals surface area contributed by atoms with Crippen LogP contribution < -0.4 is 0 Å². The van der Waals surface area contributed by atoms with E-state index in [4.69, 9.17) is 0 Å². The smallest absolute Gasteiger partial charge is 0.162 e. The van der Waals surface area contributed by atoms with Crippen molar-refractivity contribution in [3.8, 4) is 11.3 Å². The Hall–Kier alpha value is -2.29. The van der Waals surface area contributed by atoms with Gasteiger partial charge in [0.2, 0.25) is 0 Å². The van der Waals surface area contributed by atoms with Crippen LogP contribution in [0.3, 0.4) is 0 Å². The van der Waals surface area contributed by atoms with Crippen molar-refractivity contribution in [2.24, 2.45) is 11.8 Å². The number of rotatable bonds is 9. The second kappa shape index (κ2) is 16.0. The van der Waals surface area contributed by atoms with Gasteiger partial charge >= 0.3 is 0 Å². The van der Waals surface area contributed by atoms with Crippen molar-refractivity contribution in [2.45, 2.75) is 93.9 Å². The molecule has 0 saturated carbocycles. The summed E-state index contributed by atoms with van der Waals surface area (Å²) >= 11 is 0. The van der Waals surface area contributed by atoms with E-state index in [1.165, 1.54) is 39.1 Å². The number of aliphatic hydroxyl groups is 1. The minimum Gasteiger partial charge on any atom is -0.512 e. The van der Waals surface area contributed by atoms with Gasteiger partial charge in [-0.05, 0) is 59.7 Å². The Kier molecular flexibility index (Phi) is 14.2. The molecule has 1 aromatic heterocycles. The summed E-state index contributed by atoms with van der Waals surface area (Å²) in [7, 11) is 0. The number of carbonyl (C=O) groups is 1. The molecular weight excluding hydrogens is 647 g/mol. The molecule has 0 bridgehead atoms. The molecule has 0 aliphatic rings. The van der Waals surface area contributed by atoms with Gasteiger partial charge in [-0.2, -0.15) is 0 Å². The normalized spacial score (nSPS) is 11.5. The molecule has 0 spiro atoms. The van der Waals surface area contributed by atoms with Gasteiger partial charge < -0.3 is 10.1 Å². The maximum Gasteiger partial charge on any atom is 0.162 e. The summed E-state index contributed by atoms with van der Waals surface area (Å²) in [5.41, 5.74) is 7.28. The van der Waals surface area contributed by atoms with Crippen LogP contribution in [0, 0.1) is 38.7 Å². The van der Waals surface area contributed by atoms with Gasteiger partial charge in [-0.1, -0.05) is 80.5 Å². The molecule has 3 nitrogen and oxygen atoms in total. The average molecular weight is 693 g/mol. The number of aliphatic hydroxyl groups excluding tert-OH is 1. The summed E-state index contributed by atoms with van der Waals surface area (Å²) in [6.07, 6.45) is 6.80. The van der Waals surface area contributed by atoms with Gasteiger partial charge in [-0.3, -0.25) is 4.79 Å². The zero-order valence-electron chi connectivity index (χ0n) is 24.7. The van der Waals surface area contributed by atoms with E-state index in [2.05, 4.69) is 76.0 Å². The molecule has 4 heteroatoms. The number of nitrogens with zero attached hydrogens (tertiary/aromatic N) is 1. The van der Waals surface area contributed by atoms with Crippen LogP contribution in [-0.4, -0.2) is 15.9 Å². The Bertz CT molecular complexity index is 1200. The minimum absolute atomic E-state index is 0. The Morgan fingerprint density at radius 1 is 0.947 bits per heavy atom. The first-order valence-corrected chi connectivity index (χ1v) is 13.9. The molecule has 0 amide bonds. The van der Waals surface area contributed by atoms with Crippen molar-refractivity contribution in [1.29, 1.82) is 0 Å². The van der Waals surface area contributed by atoms with Crippen LogP contribution >= 0.6 is 0 Å². The Morgan fingerprint density at radius 3 is 2.08 bits per heavy atom. The fourth-order valence-corrected chi connectivity index (χ4v) is 4.62. The average Bonchev–Trinajstić information content (AvgIpc) is 2.88. The number of pyridine rings is 1. The quantitative estimate of drug-likeness (QED) is 0.138. The van der Waals surface area contributed by atoms with Gasteiger partial charge in [0.25, 0.3) is 0 Å². The van der Waals surface area contributed by atoms with Gasteiger partial charge in [0, 0.05) is 44.2 Å². The summed E-state index contributed by atoms with van der Waals surface area (Å²) in [5.74, 6) is 1.06. The SMILES string of the molecule is CCC(CC)C(=O)/C=C(\O)C(CC)CC.Cc1[c-]c(-c2nccc3ccc(C(C)C)cc23)cc(C)c1C.[Ir]. The molecule has 0 fully saturated rings. The van der Waals surface area contributed by atoms with Gasteiger partial charge in [-0.15, -0.1) is 34.4 Å². The van der Waals surface area contributed by atoms with Crippen LogP contribution in [-0.2, 0) is 24.9 Å². The van der Waals surface area contributed by atoms with E-state index in [0.717, 1.165) is 36.9 Å². The van der Waals surface area contributed by atoms with Crippen molar-refractivity contribution < 1.29 is 30.0 Å². The monoisotopic (exact) mass is 693 g/mol. The second-order valence-corrected chi connectivity index (χ2v) is 10.4. The minimum atomic E-state index is 0. The van der Waals surface area contributed by atoms with E-state index in [0.29, 0.717) is 5.92 Å². The molecule has 0 atom stereocenters. The number of fused-ring (bicyclic) bond motifs is 1. The number of ketones is 1. The summed E-state index contributed by atoms with van der Waals surface area (Å²) in [6, 6.07) is 14.5. The molecule has 1 radical (unpaired) electrons. The first-order valence-electron chi connectivity index (χ1n) is 13.9. The molecule has 3 rings (SSSR count). The van der Waals surface area contributed by atoms with Crippen LogP contribution in [0.25, 0.3) is 22.0 Å². The Labute approximate surface area is 244 Å². The molecule has 0 aliphatic heterocycles. The zero-order chi connectivity index (χ0) is 27.7. The van der Waals surface area contributed by atoms with Crippen LogP contribution in [0.1, 0.15) is 95.4 Å². The molecule has 3 aromatic rings. The van der Waals surface area contributed by atoms with Crippen molar-refractivity contribution in [3.05, 3.63) is 76.7 Å². The van der Waals surface area contributed by atoms with Crippen LogP contribution in [0.15, 0.2) is 48.4 Å². The van der Waals surface area contributed by atoms with Crippen molar-refractivity contribution >= 4 is 16.6 Å². The fraction of sp³-hybridized carbons (Fsp3) is 0.471. The third-order valence-electron chi connectivity index (χ3n) is 7.63. The fourth-order valence-electron chi connectivity index (χ4n) is 4.62. The van der Waals surface area contributed by atoms with Crippen LogP contribution in [0.5, 0.6) is 0 Å². The first kappa shape index (κ1) is 33.7. The topological polar surface area (TPSA) is 50.2 Å². The van der Waals surface area contributed by atoms with Crippen molar-refractivity contribution in [1.82, 2.24) is 4.98 Å². The number of aromatic nitrogens is 1. The third kappa shape index (κ3) is 8.61. The molecule has 1 heterocycles. The maximum atomic E-state index is 11.7. The molecule has 2 aromatic carbocycles. The first-order chi connectivity index (χ1) is 17.6. The van der Waals surface area contributed by atoms with Gasteiger partial charge in [0.05, 0.1) is 5.76 Å². The summed E-state index contributed by atoms with van der Waals surface area (Å²) in [5, 5.41) is 12.2. The standard InChI is InChI=1S/C21H22N.C13H24O2.Ir/c1-13(2)18-7-6-17-8-9-22-21(20(17)12-18)19-10-14(3)16(5)15(4)11-19;1-5-10(6-2)12(14)9-13(15)11(7-3)8-4;/h6-10,12-13H,1-5H3;9-11,14H,5-8H2,1-4H3;/q-1;;/b;12-9-;. The summed E-state index contributed by atoms with van der Waals surface area (Å²) < 4.78 is 0. The molecule has 0 unspecified atom stereocenters. The van der Waals surface area contributed by atoms with E-state index in [1.54, 1.807) is 0 Å². The molecule has 209 valence electrons. The van der Waals surface area contributed by atoms with E-state index >= 15 is 0 Å². The summed E-state index contributed by atoms with van der Waals surface area (Å²) in [4.78, 5) is 16.4. The molecule has 1 N–H and O–H groups in total. The maximum absolute atomic E-state index is 11.7. The van der Waals surface area contributed by atoms with Gasteiger partial charge in [0.15, 0.2) is 5.78 Å². The second-order valence-electron chi connectivity index (χ2n) is 10.4. The largest absolute Gasteiger partial charge is 0.512 e. The van der Waals surface area contributed by atoms with Crippen LogP contribution in [0.4, 0.5) is 0 Å². The number of carbonyl (C=O) groups excluding carboxylic acids is 1. The zero-order valence-corrected chi connectivity index (χ0v) is 27.1. The van der Waals surface area contributed by atoms with E-state index < -0.39 is 0 Å². The summed E-state index contributed by atoms with van der Waals surface area (Å²) in [6.45, 7) is 19.0. The predicted octanol–water partition coefficient (Wildman–Crippen LogP) is 9.62. The van der Waals surface area contributed by atoms with Crippen molar-refractivity contribution in [2.75, 3.05) is 0 Å². The molecule has 38 heavy (non-hydrogen) atoms. The molecule has 0 aliphatic carbocycles.